The number of aliphatic hydroxyl groups is 1. The second kappa shape index (κ2) is 6.51. The van der Waals surface area contributed by atoms with E-state index in [9.17, 15) is 5.11 Å². The van der Waals surface area contributed by atoms with Gasteiger partial charge in [0.05, 0.1) is 11.7 Å². The third kappa shape index (κ3) is 4.03. The highest BCUT2D eigenvalue weighted by atomic mass is 16.5. The van der Waals surface area contributed by atoms with Crippen LogP contribution < -0.4 is 0 Å². The average molecular weight is 263 g/mol. The molecule has 3 nitrogen and oxygen atoms in total. The summed E-state index contributed by atoms with van der Waals surface area (Å²) in [5, 5.41) is 10.6. The number of benzene rings is 1. The predicted octanol–water partition coefficient (Wildman–Crippen LogP) is 2.40. The van der Waals surface area contributed by atoms with Crippen LogP contribution in [-0.4, -0.2) is 42.4 Å². The molecule has 1 aromatic carbocycles. The van der Waals surface area contributed by atoms with Gasteiger partial charge in [0.25, 0.3) is 0 Å². The first-order valence-electron chi connectivity index (χ1n) is 7.23. The summed E-state index contributed by atoms with van der Waals surface area (Å²) in [5.41, 5.74) is 0.210. The zero-order valence-corrected chi connectivity index (χ0v) is 12.0. The molecule has 1 aromatic rings. The highest BCUT2D eigenvalue weighted by Gasteiger charge is 2.28. The van der Waals surface area contributed by atoms with Gasteiger partial charge in [-0.3, -0.25) is 4.90 Å². The van der Waals surface area contributed by atoms with Crippen LogP contribution in [-0.2, 0) is 10.3 Å². The Kier molecular flexibility index (Phi) is 4.97. The largest absolute Gasteiger partial charge is 0.384 e. The number of piperidine rings is 1. The van der Waals surface area contributed by atoms with E-state index in [0.717, 1.165) is 38.1 Å². The van der Waals surface area contributed by atoms with E-state index in [1.54, 1.807) is 0 Å². The van der Waals surface area contributed by atoms with Crippen LogP contribution in [0.25, 0.3) is 0 Å². The smallest absolute Gasteiger partial charge is 0.0994 e. The minimum Gasteiger partial charge on any atom is -0.384 e. The first-order valence-corrected chi connectivity index (χ1v) is 7.23. The van der Waals surface area contributed by atoms with Crippen LogP contribution in [0.15, 0.2) is 30.3 Å². The van der Waals surface area contributed by atoms with Crippen molar-refractivity contribution in [3.05, 3.63) is 35.9 Å². The van der Waals surface area contributed by atoms with Gasteiger partial charge in [0.1, 0.15) is 0 Å². The Hall–Kier alpha value is -0.900. The Labute approximate surface area is 116 Å². The SMILES string of the molecule is CCOC1CCN(CC(C)(O)c2ccccc2)CC1. The van der Waals surface area contributed by atoms with Gasteiger partial charge >= 0.3 is 0 Å². The lowest BCUT2D eigenvalue weighted by molar-refractivity contribution is -0.0236. The Balaban J connectivity index is 1.88. The molecule has 0 amide bonds. The lowest BCUT2D eigenvalue weighted by atomic mass is 9.94. The summed E-state index contributed by atoms with van der Waals surface area (Å²) in [5.74, 6) is 0. The van der Waals surface area contributed by atoms with Gasteiger partial charge in [-0.1, -0.05) is 30.3 Å². The number of nitrogens with zero attached hydrogens (tertiary/aromatic N) is 1. The minimum atomic E-state index is -0.778. The van der Waals surface area contributed by atoms with Gasteiger partial charge in [-0.15, -0.1) is 0 Å². The molecule has 3 heteroatoms. The highest BCUT2D eigenvalue weighted by Crippen LogP contribution is 2.23. The van der Waals surface area contributed by atoms with Gasteiger partial charge in [0, 0.05) is 26.2 Å². The topological polar surface area (TPSA) is 32.7 Å². The molecule has 0 saturated carbocycles. The summed E-state index contributed by atoms with van der Waals surface area (Å²) in [6.45, 7) is 7.45. The van der Waals surface area contributed by atoms with E-state index in [1.807, 2.05) is 44.2 Å². The Morgan fingerprint density at radius 1 is 1.26 bits per heavy atom. The summed E-state index contributed by atoms with van der Waals surface area (Å²) in [7, 11) is 0. The van der Waals surface area contributed by atoms with Crippen LogP contribution in [0.3, 0.4) is 0 Å². The summed E-state index contributed by atoms with van der Waals surface area (Å²) in [4.78, 5) is 2.34. The van der Waals surface area contributed by atoms with Gasteiger partial charge < -0.3 is 9.84 Å². The number of likely N-dealkylation sites (tertiary alicyclic amines) is 1. The Bertz CT molecular complexity index is 370. The second-order valence-electron chi connectivity index (χ2n) is 5.57. The summed E-state index contributed by atoms with van der Waals surface area (Å²) in [6, 6.07) is 9.92. The van der Waals surface area contributed by atoms with Crippen LogP contribution in [0.5, 0.6) is 0 Å². The number of β-amino-alcohol motifs (C(OH)–C–C–N with tert-alkyl or cyclic N) is 1. The predicted molar refractivity (Wildman–Crippen MR) is 77.1 cm³/mol. The van der Waals surface area contributed by atoms with Crippen LogP contribution in [0.2, 0.25) is 0 Å². The number of hydrogen-bond donors (Lipinski definition) is 1. The first-order chi connectivity index (χ1) is 9.12. The summed E-state index contributed by atoms with van der Waals surface area (Å²) >= 11 is 0. The molecule has 19 heavy (non-hydrogen) atoms. The van der Waals surface area contributed by atoms with Gasteiger partial charge in [-0.05, 0) is 32.3 Å². The lowest BCUT2D eigenvalue weighted by Gasteiger charge is -2.36. The van der Waals surface area contributed by atoms with Gasteiger partial charge in [0.2, 0.25) is 0 Å². The van der Waals surface area contributed by atoms with E-state index in [1.165, 1.54) is 0 Å². The second-order valence-corrected chi connectivity index (χ2v) is 5.57. The van der Waals surface area contributed by atoms with Crippen LogP contribution in [0.4, 0.5) is 0 Å². The average Bonchev–Trinajstić information content (AvgIpc) is 2.42. The zero-order chi connectivity index (χ0) is 13.7. The van der Waals surface area contributed by atoms with Crippen molar-refractivity contribution in [2.75, 3.05) is 26.2 Å². The fourth-order valence-electron chi connectivity index (χ4n) is 2.79. The van der Waals surface area contributed by atoms with E-state index in [4.69, 9.17) is 4.74 Å². The summed E-state index contributed by atoms with van der Waals surface area (Å²) < 4.78 is 5.66. The van der Waals surface area contributed by atoms with E-state index in [2.05, 4.69) is 4.90 Å². The van der Waals surface area contributed by atoms with E-state index in [-0.39, 0.29) is 0 Å². The molecule has 0 bridgehead atoms. The maximum Gasteiger partial charge on any atom is 0.0994 e. The molecule has 1 heterocycles. The fourth-order valence-corrected chi connectivity index (χ4v) is 2.79. The maximum absolute atomic E-state index is 10.6. The Morgan fingerprint density at radius 3 is 2.47 bits per heavy atom. The standard InChI is InChI=1S/C16H25NO2/c1-3-19-15-9-11-17(12-10-15)13-16(2,18)14-7-5-4-6-8-14/h4-8,15,18H,3,9-13H2,1-2H3. The van der Waals surface area contributed by atoms with Crippen molar-refractivity contribution < 1.29 is 9.84 Å². The third-order valence-corrected chi connectivity index (χ3v) is 3.86. The van der Waals surface area contributed by atoms with Crippen molar-refractivity contribution in [1.82, 2.24) is 4.90 Å². The summed E-state index contributed by atoms with van der Waals surface area (Å²) in [6.07, 6.45) is 2.54. The van der Waals surface area contributed by atoms with Gasteiger partial charge in [-0.2, -0.15) is 0 Å². The third-order valence-electron chi connectivity index (χ3n) is 3.86. The molecule has 106 valence electrons. The quantitative estimate of drug-likeness (QED) is 0.885. The van der Waals surface area contributed by atoms with Crippen molar-refractivity contribution >= 4 is 0 Å². The van der Waals surface area contributed by atoms with Crippen LogP contribution in [0, 0.1) is 0 Å². The molecule has 0 aliphatic carbocycles. The molecular formula is C16H25NO2. The molecular weight excluding hydrogens is 238 g/mol. The van der Waals surface area contributed by atoms with Crippen molar-refractivity contribution in [1.29, 1.82) is 0 Å². The zero-order valence-electron chi connectivity index (χ0n) is 12.0. The number of ether oxygens (including phenoxy) is 1. The number of rotatable bonds is 5. The van der Waals surface area contributed by atoms with E-state index in [0.29, 0.717) is 12.6 Å². The monoisotopic (exact) mass is 263 g/mol. The van der Waals surface area contributed by atoms with Crippen LogP contribution in [0.1, 0.15) is 32.3 Å². The lowest BCUT2D eigenvalue weighted by Crippen LogP contribution is -2.44. The van der Waals surface area contributed by atoms with Crippen molar-refractivity contribution in [3.63, 3.8) is 0 Å². The molecule has 0 radical (unpaired) electrons. The molecule has 1 unspecified atom stereocenters. The molecule has 0 spiro atoms. The molecule has 2 rings (SSSR count). The number of hydrogen-bond acceptors (Lipinski definition) is 3. The van der Waals surface area contributed by atoms with Crippen molar-refractivity contribution in [3.8, 4) is 0 Å². The first kappa shape index (κ1) is 14.5. The minimum absolute atomic E-state index is 0.405. The molecule has 1 aliphatic heterocycles. The Morgan fingerprint density at radius 2 is 1.89 bits per heavy atom. The van der Waals surface area contributed by atoms with E-state index < -0.39 is 5.60 Å². The molecule has 1 fully saturated rings. The highest BCUT2D eigenvalue weighted by molar-refractivity contribution is 5.21. The van der Waals surface area contributed by atoms with Crippen molar-refractivity contribution in [2.45, 2.75) is 38.4 Å². The fraction of sp³-hybridized carbons (Fsp3) is 0.625. The maximum atomic E-state index is 10.6. The van der Waals surface area contributed by atoms with E-state index >= 15 is 0 Å². The molecule has 1 saturated heterocycles. The van der Waals surface area contributed by atoms with Crippen LogP contribution >= 0.6 is 0 Å². The molecule has 1 atom stereocenters. The van der Waals surface area contributed by atoms with Gasteiger partial charge in [0.15, 0.2) is 0 Å². The normalized spacial score (nSPS) is 21.2. The van der Waals surface area contributed by atoms with Gasteiger partial charge in [-0.25, -0.2) is 0 Å². The van der Waals surface area contributed by atoms with Crippen molar-refractivity contribution in [2.24, 2.45) is 0 Å². The molecule has 1 N–H and O–H groups in total. The molecule has 0 aromatic heterocycles. The molecule has 1 aliphatic rings.